The summed E-state index contributed by atoms with van der Waals surface area (Å²) in [4.78, 5) is 7.98. The summed E-state index contributed by atoms with van der Waals surface area (Å²) in [7, 11) is 1.54. The third kappa shape index (κ3) is 3.99. The Kier molecular flexibility index (Phi) is 4.78. The molecule has 5 nitrogen and oxygen atoms in total. The quantitative estimate of drug-likeness (QED) is 0.815. The summed E-state index contributed by atoms with van der Waals surface area (Å²) in [6.07, 6.45) is 2.73. The van der Waals surface area contributed by atoms with Crippen LogP contribution >= 0.6 is 15.9 Å². The minimum absolute atomic E-state index is 0.295. The van der Waals surface area contributed by atoms with Gasteiger partial charge in [-0.15, -0.1) is 0 Å². The zero-order valence-corrected chi connectivity index (χ0v) is 9.36. The Morgan fingerprint density at radius 2 is 2.21 bits per heavy atom. The van der Waals surface area contributed by atoms with E-state index in [0.29, 0.717) is 19.1 Å². The lowest BCUT2D eigenvalue weighted by molar-refractivity contribution is 0.0726. The van der Waals surface area contributed by atoms with Gasteiger partial charge in [0, 0.05) is 26.0 Å². The van der Waals surface area contributed by atoms with Gasteiger partial charge in [0.2, 0.25) is 5.95 Å². The molecule has 0 aliphatic rings. The summed E-state index contributed by atoms with van der Waals surface area (Å²) in [6, 6.07) is 0. The molecule has 0 fully saturated rings. The van der Waals surface area contributed by atoms with Gasteiger partial charge in [-0.2, -0.15) is 0 Å². The van der Waals surface area contributed by atoms with Gasteiger partial charge in [0.15, 0.2) is 0 Å². The number of nitrogens with one attached hydrogen (secondary N) is 1. The number of hydrogen-bond donors (Lipinski definition) is 2. The van der Waals surface area contributed by atoms with E-state index in [1.165, 1.54) is 0 Å². The van der Waals surface area contributed by atoms with Crippen LogP contribution in [0.4, 0.5) is 5.95 Å². The second-order valence-corrected chi connectivity index (χ2v) is 3.63. The molecule has 0 spiro atoms. The molecule has 0 bridgehead atoms. The fourth-order valence-corrected chi connectivity index (χ4v) is 1.07. The molecule has 1 aromatic heterocycles. The van der Waals surface area contributed by atoms with Gasteiger partial charge in [0.1, 0.15) is 0 Å². The topological polar surface area (TPSA) is 67.3 Å². The molecule has 0 aromatic carbocycles. The molecule has 1 atom stereocenters. The van der Waals surface area contributed by atoms with E-state index in [0.717, 1.165) is 4.47 Å². The fraction of sp³-hybridized carbons (Fsp3) is 0.500. The highest BCUT2D eigenvalue weighted by molar-refractivity contribution is 9.10. The van der Waals surface area contributed by atoms with E-state index in [9.17, 15) is 5.11 Å². The molecule has 6 heteroatoms. The summed E-state index contributed by atoms with van der Waals surface area (Å²) in [5, 5.41) is 12.2. The van der Waals surface area contributed by atoms with Crippen molar-refractivity contribution >= 4 is 21.9 Å². The van der Waals surface area contributed by atoms with Gasteiger partial charge in [-0.25, -0.2) is 9.97 Å². The summed E-state index contributed by atoms with van der Waals surface area (Å²) in [5.41, 5.74) is 0. The van der Waals surface area contributed by atoms with Gasteiger partial charge in [-0.3, -0.25) is 0 Å². The molecule has 0 saturated carbocycles. The van der Waals surface area contributed by atoms with Crippen LogP contribution in [0.1, 0.15) is 0 Å². The number of nitrogens with zero attached hydrogens (tertiary/aromatic N) is 2. The molecule has 2 N–H and O–H groups in total. The minimum atomic E-state index is -0.549. The Balaban J connectivity index is 2.34. The number of methoxy groups -OCH3 is 1. The number of aliphatic hydroxyl groups excluding tert-OH is 1. The van der Waals surface area contributed by atoms with Gasteiger partial charge >= 0.3 is 0 Å². The van der Waals surface area contributed by atoms with E-state index in [1.54, 1.807) is 19.5 Å². The predicted octanol–water partition coefficient (Wildman–Crippen LogP) is 0.658. The second-order valence-electron chi connectivity index (χ2n) is 2.71. The van der Waals surface area contributed by atoms with E-state index in [-0.39, 0.29) is 0 Å². The van der Waals surface area contributed by atoms with Gasteiger partial charge in [0.05, 0.1) is 17.2 Å². The average Bonchev–Trinajstić information content (AvgIpc) is 2.17. The standard InChI is InChI=1S/C8H12BrN3O2/c1-14-5-7(13)4-12-8-10-2-6(9)3-11-8/h2-3,7,13H,4-5H2,1H3,(H,10,11,12)/t7-/m1/s1. The van der Waals surface area contributed by atoms with Crippen LogP contribution in [0.3, 0.4) is 0 Å². The first-order chi connectivity index (χ1) is 6.72. The molecular weight excluding hydrogens is 250 g/mol. The fourth-order valence-electron chi connectivity index (χ4n) is 0.864. The number of halogens is 1. The monoisotopic (exact) mass is 261 g/mol. The Labute approximate surface area is 90.7 Å². The largest absolute Gasteiger partial charge is 0.389 e. The van der Waals surface area contributed by atoms with Crippen LogP contribution in [0.15, 0.2) is 16.9 Å². The van der Waals surface area contributed by atoms with Crippen molar-refractivity contribution in [3.8, 4) is 0 Å². The minimum Gasteiger partial charge on any atom is -0.389 e. The molecule has 1 rings (SSSR count). The normalized spacial score (nSPS) is 12.5. The third-order valence-corrected chi connectivity index (χ3v) is 1.88. The molecule has 1 aromatic rings. The maximum absolute atomic E-state index is 9.31. The zero-order chi connectivity index (χ0) is 10.4. The van der Waals surface area contributed by atoms with Crippen molar-refractivity contribution in [1.29, 1.82) is 0 Å². The summed E-state index contributed by atoms with van der Waals surface area (Å²) >= 11 is 3.23. The van der Waals surface area contributed by atoms with Crippen molar-refractivity contribution in [2.45, 2.75) is 6.10 Å². The van der Waals surface area contributed by atoms with Crippen LogP contribution in [0, 0.1) is 0 Å². The molecule has 0 amide bonds. The first-order valence-corrected chi connectivity index (χ1v) is 4.90. The molecule has 1 heterocycles. The molecule has 14 heavy (non-hydrogen) atoms. The lowest BCUT2D eigenvalue weighted by Gasteiger charge is -2.09. The van der Waals surface area contributed by atoms with E-state index in [2.05, 4.69) is 31.2 Å². The van der Waals surface area contributed by atoms with E-state index in [1.807, 2.05) is 0 Å². The number of anilines is 1. The van der Waals surface area contributed by atoms with Crippen molar-refractivity contribution in [1.82, 2.24) is 9.97 Å². The summed E-state index contributed by atoms with van der Waals surface area (Å²) in [5.74, 6) is 0.489. The number of ether oxygens (including phenoxy) is 1. The third-order valence-electron chi connectivity index (χ3n) is 1.48. The molecule has 0 unspecified atom stereocenters. The number of aliphatic hydroxyl groups is 1. The lowest BCUT2D eigenvalue weighted by Crippen LogP contribution is -2.24. The van der Waals surface area contributed by atoms with Crippen LogP contribution < -0.4 is 5.32 Å². The smallest absolute Gasteiger partial charge is 0.222 e. The summed E-state index contributed by atoms with van der Waals surface area (Å²) < 4.78 is 5.59. The maximum Gasteiger partial charge on any atom is 0.222 e. The van der Waals surface area contributed by atoms with E-state index in [4.69, 9.17) is 4.74 Å². The van der Waals surface area contributed by atoms with Crippen LogP contribution in [-0.4, -0.2) is 41.4 Å². The van der Waals surface area contributed by atoms with Crippen molar-refractivity contribution < 1.29 is 9.84 Å². The highest BCUT2D eigenvalue weighted by Gasteiger charge is 2.03. The molecular formula is C8H12BrN3O2. The molecule has 0 aliphatic carbocycles. The average molecular weight is 262 g/mol. The molecule has 0 radical (unpaired) electrons. The van der Waals surface area contributed by atoms with Gasteiger partial charge in [-0.05, 0) is 15.9 Å². The van der Waals surface area contributed by atoms with Crippen molar-refractivity contribution in [3.05, 3.63) is 16.9 Å². The first-order valence-electron chi connectivity index (χ1n) is 4.11. The maximum atomic E-state index is 9.31. The number of aromatic nitrogens is 2. The van der Waals surface area contributed by atoms with Crippen LogP contribution in [0.25, 0.3) is 0 Å². The molecule has 0 aliphatic heterocycles. The number of rotatable bonds is 5. The highest BCUT2D eigenvalue weighted by atomic mass is 79.9. The van der Waals surface area contributed by atoms with Gasteiger partial charge in [-0.1, -0.05) is 0 Å². The first kappa shape index (κ1) is 11.4. The molecule has 78 valence electrons. The SMILES string of the molecule is COC[C@H](O)CNc1ncc(Br)cn1. The predicted molar refractivity (Wildman–Crippen MR) is 56.1 cm³/mol. The van der Waals surface area contributed by atoms with Crippen molar-refractivity contribution in [3.63, 3.8) is 0 Å². The Morgan fingerprint density at radius 1 is 1.57 bits per heavy atom. The van der Waals surface area contributed by atoms with E-state index >= 15 is 0 Å². The number of hydrogen-bond acceptors (Lipinski definition) is 5. The van der Waals surface area contributed by atoms with Crippen molar-refractivity contribution in [2.24, 2.45) is 0 Å². The van der Waals surface area contributed by atoms with Crippen molar-refractivity contribution in [2.75, 3.05) is 25.6 Å². The van der Waals surface area contributed by atoms with Crippen LogP contribution in [0.2, 0.25) is 0 Å². The van der Waals surface area contributed by atoms with Crippen LogP contribution in [-0.2, 0) is 4.74 Å². The van der Waals surface area contributed by atoms with Gasteiger partial charge in [0.25, 0.3) is 0 Å². The van der Waals surface area contributed by atoms with Gasteiger partial charge < -0.3 is 15.2 Å². The highest BCUT2D eigenvalue weighted by Crippen LogP contribution is 2.06. The van der Waals surface area contributed by atoms with Crippen LogP contribution in [0.5, 0.6) is 0 Å². The summed E-state index contributed by atoms with van der Waals surface area (Å²) in [6.45, 7) is 0.666. The zero-order valence-electron chi connectivity index (χ0n) is 7.77. The van der Waals surface area contributed by atoms with E-state index < -0.39 is 6.10 Å². The Bertz CT molecular complexity index is 268. The Morgan fingerprint density at radius 3 is 2.79 bits per heavy atom. The molecule has 0 saturated heterocycles. The Hall–Kier alpha value is -0.720. The lowest BCUT2D eigenvalue weighted by atomic mass is 10.4. The second kappa shape index (κ2) is 5.90.